The van der Waals surface area contributed by atoms with Gasteiger partial charge in [0.15, 0.2) is 5.65 Å². The Morgan fingerprint density at radius 3 is 3.00 bits per heavy atom. The maximum absolute atomic E-state index is 9.29. The number of aliphatic hydroxyl groups is 1. The fraction of sp³-hybridized carbons (Fsp3) is 0.200. The second-order valence-corrected chi connectivity index (χ2v) is 4.72. The van der Waals surface area contributed by atoms with Gasteiger partial charge in [-0.15, -0.1) is 0 Å². The lowest BCUT2D eigenvalue weighted by Crippen LogP contribution is -2.04. The Hall–Kier alpha value is -2.40. The van der Waals surface area contributed by atoms with Crippen LogP contribution in [0.4, 0.5) is 5.69 Å². The van der Waals surface area contributed by atoms with Crippen LogP contribution >= 0.6 is 0 Å². The molecule has 1 aromatic carbocycles. The van der Waals surface area contributed by atoms with Crippen LogP contribution in [0.15, 0.2) is 42.7 Å². The van der Waals surface area contributed by atoms with E-state index in [-0.39, 0.29) is 6.61 Å². The van der Waals surface area contributed by atoms with Crippen LogP contribution in [0.3, 0.4) is 0 Å². The number of nitrogens with zero attached hydrogens (tertiary/aromatic N) is 3. The molecule has 2 N–H and O–H groups in total. The number of aromatic nitrogens is 3. The molecule has 0 aliphatic rings. The fourth-order valence-electron chi connectivity index (χ4n) is 2.15. The lowest BCUT2D eigenvalue weighted by molar-refractivity contribution is 0.282. The molecule has 0 spiro atoms. The summed E-state index contributed by atoms with van der Waals surface area (Å²) in [6.45, 7) is 2.61. The molecule has 0 aliphatic carbocycles. The zero-order chi connectivity index (χ0) is 13.9. The van der Waals surface area contributed by atoms with Crippen molar-refractivity contribution in [1.29, 1.82) is 0 Å². The normalized spacial score (nSPS) is 10.9. The van der Waals surface area contributed by atoms with Crippen molar-refractivity contribution >= 4 is 11.3 Å². The Balaban J connectivity index is 1.79. The van der Waals surface area contributed by atoms with Crippen molar-refractivity contribution in [3.05, 3.63) is 59.5 Å². The minimum atomic E-state index is 0.0266. The van der Waals surface area contributed by atoms with Crippen molar-refractivity contribution in [2.45, 2.75) is 20.1 Å². The Bertz CT molecular complexity index is 736. The molecule has 0 amide bonds. The van der Waals surface area contributed by atoms with Crippen LogP contribution in [0.5, 0.6) is 0 Å². The zero-order valence-corrected chi connectivity index (χ0v) is 11.2. The van der Waals surface area contributed by atoms with E-state index in [4.69, 9.17) is 0 Å². The highest BCUT2D eigenvalue weighted by Crippen LogP contribution is 2.16. The maximum Gasteiger partial charge on any atom is 0.155 e. The van der Waals surface area contributed by atoms with E-state index >= 15 is 0 Å². The largest absolute Gasteiger partial charge is 0.392 e. The number of anilines is 1. The first-order valence-electron chi connectivity index (χ1n) is 6.50. The van der Waals surface area contributed by atoms with E-state index < -0.39 is 0 Å². The van der Waals surface area contributed by atoms with Gasteiger partial charge in [-0.1, -0.05) is 18.2 Å². The number of rotatable bonds is 4. The van der Waals surface area contributed by atoms with Crippen LogP contribution in [0.2, 0.25) is 0 Å². The van der Waals surface area contributed by atoms with E-state index in [0.717, 1.165) is 28.2 Å². The number of benzene rings is 1. The third kappa shape index (κ3) is 2.48. The SMILES string of the molecule is Cc1cc2ncc(CNc3ccccc3CO)cn2n1. The van der Waals surface area contributed by atoms with Gasteiger partial charge in [0.05, 0.1) is 12.3 Å². The Morgan fingerprint density at radius 2 is 2.15 bits per heavy atom. The molecule has 0 radical (unpaired) electrons. The molecule has 3 aromatic rings. The average Bonchev–Trinajstić information content (AvgIpc) is 2.84. The molecular weight excluding hydrogens is 252 g/mol. The molecule has 2 heterocycles. The summed E-state index contributed by atoms with van der Waals surface area (Å²) < 4.78 is 1.78. The van der Waals surface area contributed by atoms with Crippen molar-refractivity contribution < 1.29 is 5.11 Å². The fourth-order valence-corrected chi connectivity index (χ4v) is 2.15. The molecule has 20 heavy (non-hydrogen) atoms. The topological polar surface area (TPSA) is 62.5 Å². The number of aliphatic hydroxyl groups excluding tert-OH is 1. The lowest BCUT2D eigenvalue weighted by Gasteiger charge is -2.10. The molecule has 0 saturated carbocycles. The Morgan fingerprint density at radius 1 is 1.30 bits per heavy atom. The van der Waals surface area contributed by atoms with Crippen LogP contribution in [-0.4, -0.2) is 19.7 Å². The van der Waals surface area contributed by atoms with Crippen LogP contribution in [0.1, 0.15) is 16.8 Å². The summed E-state index contributed by atoms with van der Waals surface area (Å²) in [5, 5.41) is 17.0. The van der Waals surface area contributed by atoms with Gasteiger partial charge in [0, 0.05) is 41.8 Å². The molecule has 5 nitrogen and oxygen atoms in total. The highest BCUT2D eigenvalue weighted by atomic mass is 16.3. The molecule has 0 bridgehead atoms. The van der Waals surface area contributed by atoms with Gasteiger partial charge in [-0.3, -0.25) is 0 Å². The molecule has 102 valence electrons. The molecular formula is C15H16N4O. The van der Waals surface area contributed by atoms with Crippen molar-refractivity contribution in [2.24, 2.45) is 0 Å². The standard InChI is InChI=1S/C15H16N4O/c1-11-6-15-17-8-12(9-19(15)18-11)7-16-14-5-3-2-4-13(14)10-20/h2-6,8-9,16,20H,7,10H2,1H3. The van der Waals surface area contributed by atoms with Gasteiger partial charge in [0.25, 0.3) is 0 Å². The summed E-state index contributed by atoms with van der Waals surface area (Å²) in [4.78, 5) is 4.37. The number of nitrogens with one attached hydrogen (secondary N) is 1. The van der Waals surface area contributed by atoms with Crippen molar-refractivity contribution in [3.63, 3.8) is 0 Å². The number of para-hydroxylation sites is 1. The van der Waals surface area contributed by atoms with Gasteiger partial charge >= 0.3 is 0 Å². The molecule has 2 aromatic heterocycles. The van der Waals surface area contributed by atoms with E-state index in [0.29, 0.717) is 6.54 Å². The average molecular weight is 268 g/mol. The quantitative estimate of drug-likeness (QED) is 0.761. The van der Waals surface area contributed by atoms with Crippen LogP contribution in [-0.2, 0) is 13.2 Å². The van der Waals surface area contributed by atoms with Gasteiger partial charge in [0.1, 0.15) is 0 Å². The van der Waals surface area contributed by atoms with E-state index in [1.165, 1.54) is 0 Å². The van der Waals surface area contributed by atoms with E-state index in [1.54, 1.807) is 4.52 Å². The lowest BCUT2D eigenvalue weighted by atomic mass is 10.2. The summed E-state index contributed by atoms with van der Waals surface area (Å²) in [5.74, 6) is 0. The third-order valence-corrected chi connectivity index (χ3v) is 3.16. The molecule has 5 heteroatoms. The van der Waals surface area contributed by atoms with Gasteiger partial charge < -0.3 is 10.4 Å². The van der Waals surface area contributed by atoms with E-state index in [2.05, 4.69) is 15.4 Å². The molecule has 0 saturated heterocycles. The van der Waals surface area contributed by atoms with Gasteiger partial charge in [-0.25, -0.2) is 9.50 Å². The smallest absolute Gasteiger partial charge is 0.155 e. The predicted octanol–water partition coefficient (Wildman–Crippen LogP) is 2.14. The van der Waals surface area contributed by atoms with E-state index in [9.17, 15) is 5.11 Å². The number of fused-ring (bicyclic) bond motifs is 1. The minimum Gasteiger partial charge on any atom is -0.392 e. The van der Waals surface area contributed by atoms with Gasteiger partial charge in [-0.2, -0.15) is 5.10 Å². The van der Waals surface area contributed by atoms with Gasteiger partial charge in [-0.05, 0) is 13.0 Å². The van der Waals surface area contributed by atoms with Crippen LogP contribution in [0, 0.1) is 6.92 Å². The first-order chi connectivity index (χ1) is 9.76. The summed E-state index contributed by atoms with van der Waals surface area (Å²) in [6, 6.07) is 9.66. The maximum atomic E-state index is 9.29. The summed E-state index contributed by atoms with van der Waals surface area (Å²) >= 11 is 0. The molecule has 0 aliphatic heterocycles. The number of aryl methyl sites for hydroxylation is 1. The summed E-state index contributed by atoms with van der Waals surface area (Å²) in [6.07, 6.45) is 3.80. The van der Waals surface area contributed by atoms with Crippen molar-refractivity contribution in [1.82, 2.24) is 14.6 Å². The first-order valence-corrected chi connectivity index (χ1v) is 6.50. The second-order valence-electron chi connectivity index (χ2n) is 4.72. The number of hydrogen-bond acceptors (Lipinski definition) is 4. The third-order valence-electron chi connectivity index (χ3n) is 3.16. The summed E-state index contributed by atoms with van der Waals surface area (Å²) in [5.41, 5.74) is 4.66. The Kier molecular flexibility index (Phi) is 3.35. The van der Waals surface area contributed by atoms with Gasteiger partial charge in [0.2, 0.25) is 0 Å². The monoisotopic (exact) mass is 268 g/mol. The predicted molar refractivity (Wildman–Crippen MR) is 77.4 cm³/mol. The van der Waals surface area contributed by atoms with Crippen molar-refractivity contribution in [2.75, 3.05) is 5.32 Å². The summed E-state index contributed by atoms with van der Waals surface area (Å²) in [7, 11) is 0. The molecule has 0 unspecified atom stereocenters. The molecule has 3 rings (SSSR count). The second kappa shape index (κ2) is 5.30. The van der Waals surface area contributed by atoms with Crippen LogP contribution in [0.25, 0.3) is 5.65 Å². The van der Waals surface area contributed by atoms with Crippen LogP contribution < -0.4 is 5.32 Å². The molecule has 0 fully saturated rings. The van der Waals surface area contributed by atoms with E-state index in [1.807, 2.05) is 49.6 Å². The zero-order valence-electron chi connectivity index (χ0n) is 11.2. The van der Waals surface area contributed by atoms with Crippen molar-refractivity contribution in [3.8, 4) is 0 Å². The molecule has 0 atom stereocenters. The highest BCUT2D eigenvalue weighted by Gasteiger charge is 2.03. The number of hydrogen-bond donors (Lipinski definition) is 2. The minimum absolute atomic E-state index is 0.0266. The first kappa shape index (κ1) is 12.6. The highest BCUT2D eigenvalue weighted by molar-refractivity contribution is 5.51. The Labute approximate surface area is 116 Å².